The molecule has 1 N–H and O–H groups in total. The molecule has 0 unspecified atom stereocenters. The molecule has 1 heterocycles. The summed E-state index contributed by atoms with van der Waals surface area (Å²) in [5.41, 5.74) is 2.88. The lowest BCUT2D eigenvalue weighted by molar-refractivity contribution is 0.102. The minimum Gasteiger partial charge on any atom is -0.494 e. The van der Waals surface area contributed by atoms with Gasteiger partial charge < -0.3 is 10.1 Å². The molecule has 1 amide bonds. The van der Waals surface area contributed by atoms with E-state index >= 15 is 0 Å². The second kappa shape index (κ2) is 7.61. The molecule has 1 fully saturated rings. The van der Waals surface area contributed by atoms with Gasteiger partial charge in [-0.15, -0.1) is 5.10 Å². The molecule has 6 nitrogen and oxygen atoms in total. The van der Waals surface area contributed by atoms with E-state index in [1.807, 2.05) is 54.6 Å². The number of amides is 1. The Morgan fingerprint density at radius 1 is 1.19 bits per heavy atom. The molecule has 0 radical (unpaired) electrons. The zero-order valence-corrected chi connectivity index (χ0v) is 15.3. The van der Waals surface area contributed by atoms with Gasteiger partial charge in [-0.1, -0.05) is 36.4 Å². The van der Waals surface area contributed by atoms with E-state index in [0.29, 0.717) is 23.9 Å². The van der Waals surface area contributed by atoms with E-state index < -0.39 is 0 Å². The van der Waals surface area contributed by atoms with E-state index in [2.05, 4.69) is 22.6 Å². The predicted molar refractivity (Wildman–Crippen MR) is 104 cm³/mol. The first-order valence-electron chi connectivity index (χ1n) is 9.31. The highest BCUT2D eigenvalue weighted by atomic mass is 16.5. The van der Waals surface area contributed by atoms with Crippen molar-refractivity contribution in [2.45, 2.75) is 32.1 Å². The van der Waals surface area contributed by atoms with Crippen LogP contribution in [0.5, 0.6) is 5.75 Å². The minimum absolute atomic E-state index is 0.244. The third kappa shape index (κ3) is 3.84. The molecule has 6 heteroatoms. The number of carbonyl (C=O) groups excluding carboxylic acids is 1. The maximum atomic E-state index is 12.9. The number of hydrogen-bond acceptors (Lipinski definition) is 4. The number of anilines is 1. The zero-order chi connectivity index (χ0) is 18.6. The highest BCUT2D eigenvalue weighted by Crippen LogP contribution is 2.42. The van der Waals surface area contributed by atoms with Crippen LogP contribution in [0.1, 0.15) is 48.3 Å². The lowest BCUT2D eigenvalue weighted by atomic mass is 10.2. The van der Waals surface area contributed by atoms with Crippen molar-refractivity contribution in [1.29, 1.82) is 0 Å². The largest absolute Gasteiger partial charge is 0.494 e. The SMILES string of the molecule is CCCOc1cccc(NC(=O)c2nnn(-c3ccccc3)c2C2CC2)c1. The Balaban J connectivity index is 1.59. The van der Waals surface area contributed by atoms with Gasteiger partial charge in [-0.2, -0.15) is 0 Å². The van der Waals surface area contributed by atoms with E-state index in [1.54, 1.807) is 4.68 Å². The Bertz CT molecular complexity index is 932. The van der Waals surface area contributed by atoms with Crippen LogP contribution in [0.3, 0.4) is 0 Å². The monoisotopic (exact) mass is 362 g/mol. The summed E-state index contributed by atoms with van der Waals surface area (Å²) in [6.07, 6.45) is 3.05. The van der Waals surface area contributed by atoms with Crippen molar-refractivity contribution in [3.05, 3.63) is 66.0 Å². The molecule has 3 aromatic rings. The smallest absolute Gasteiger partial charge is 0.278 e. The van der Waals surface area contributed by atoms with Gasteiger partial charge in [0.15, 0.2) is 5.69 Å². The number of rotatable bonds is 7. The Hall–Kier alpha value is -3.15. The van der Waals surface area contributed by atoms with Gasteiger partial charge >= 0.3 is 0 Å². The summed E-state index contributed by atoms with van der Waals surface area (Å²) in [5.74, 6) is 0.830. The van der Waals surface area contributed by atoms with Crippen LogP contribution in [0.15, 0.2) is 54.6 Å². The van der Waals surface area contributed by atoms with Crippen LogP contribution in [0, 0.1) is 0 Å². The summed E-state index contributed by atoms with van der Waals surface area (Å²) in [6.45, 7) is 2.70. The first kappa shape index (κ1) is 17.3. The summed E-state index contributed by atoms with van der Waals surface area (Å²) in [5, 5.41) is 11.4. The molecule has 2 aromatic carbocycles. The highest BCUT2D eigenvalue weighted by molar-refractivity contribution is 6.03. The normalized spacial score (nSPS) is 13.4. The molecule has 0 spiro atoms. The van der Waals surface area contributed by atoms with Crippen molar-refractivity contribution < 1.29 is 9.53 Å². The number of benzene rings is 2. The first-order valence-corrected chi connectivity index (χ1v) is 9.31. The third-order valence-electron chi connectivity index (χ3n) is 4.45. The summed E-state index contributed by atoms with van der Waals surface area (Å²) in [7, 11) is 0. The molecule has 0 saturated heterocycles. The quantitative estimate of drug-likeness (QED) is 0.684. The molecule has 1 aliphatic carbocycles. The number of nitrogens with one attached hydrogen (secondary N) is 1. The van der Waals surface area contributed by atoms with Crippen LogP contribution in [0.2, 0.25) is 0 Å². The second-order valence-corrected chi connectivity index (χ2v) is 6.68. The van der Waals surface area contributed by atoms with Gasteiger partial charge in [0.2, 0.25) is 0 Å². The first-order chi connectivity index (χ1) is 13.3. The Morgan fingerprint density at radius 2 is 2.00 bits per heavy atom. The zero-order valence-electron chi connectivity index (χ0n) is 15.3. The minimum atomic E-state index is -0.244. The average molecular weight is 362 g/mol. The molecule has 0 aliphatic heterocycles. The number of ether oxygens (including phenoxy) is 1. The van der Waals surface area contributed by atoms with Gasteiger partial charge in [0, 0.05) is 17.7 Å². The number of para-hydroxylation sites is 1. The fraction of sp³-hybridized carbons (Fsp3) is 0.286. The topological polar surface area (TPSA) is 69.0 Å². The molecule has 4 rings (SSSR count). The molecule has 138 valence electrons. The maximum Gasteiger partial charge on any atom is 0.278 e. The van der Waals surface area contributed by atoms with E-state index in [0.717, 1.165) is 36.4 Å². The Morgan fingerprint density at radius 3 is 2.74 bits per heavy atom. The van der Waals surface area contributed by atoms with Crippen LogP contribution < -0.4 is 10.1 Å². The summed E-state index contributed by atoms with van der Waals surface area (Å²) in [4.78, 5) is 12.9. The summed E-state index contributed by atoms with van der Waals surface area (Å²) >= 11 is 0. The Labute approximate surface area is 158 Å². The summed E-state index contributed by atoms with van der Waals surface area (Å²) in [6, 6.07) is 17.2. The van der Waals surface area contributed by atoms with Gasteiger partial charge in [-0.3, -0.25) is 4.79 Å². The number of carbonyl (C=O) groups is 1. The molecular formula is C21H22N4O2. The van der Waals surface area contributed by atoms with Crippen molar-refractivity contribution >= 4 is 11.6 Å². The fourth-order valence-electron chi connectivity index (χ4n) is 3.01. The van der Waals surface area contributed by atoms with E-state index in [-0.39, 0.29) is 5.91 Å². The van der Waals surface area contributed by atoms with Gasteiger partial charge in [0.05, 0.1) is 18.0 Å². The van der Waals surface area contributed by atoms with Gasteiger partial charge in [-0.25, -0.2) is 4.68 Å². The fourth-order valence-corrected chi connectivity index (χ4v) is 3.01. The van der Waals surface area contributed by atoms with Crippen LogP contribution >= 0.6 is 0 Å². The van der Waals surface area contributed by atoms with Crippen LogP contribution in [-0.2, 0) is 0 Å². The standard InChI is InChI=1S/C21H22N4O2/c1-2-13-27-18-10-6-7-16(14-18)22-21(26)19-20(15-11-12-15)25(24-23-19)17-8-4-3-5-9-17/h3-10,14-15H,2,11-13H2,1H3,(H,22,26). The average Bonchev–Trinajstić information content (AvgIpc) is 3.45. The maximum absolute atomic E-state index is 12.9. The van der Waals surface area contributed by atoms with E-state index in [1.165, 1.54) is 0 Å². The molecule has 0 bridgehead atoms. The Kier molecular flexibility index (Phi) is 4.87. The highest BCUT2D eigenvalue weighted by Gasteiger charge is 2.34. The number of nitrogens with zero attached hydrogens (tertiary/aromatic N) is 3. The van der Waals surface area contributed by atoms with Crippen molar-refractivity contribution in [3.8, 4) is 11.4 Å². The van der Waals surface area contributed by atoms with Crippen molar-refractivity contribution in [1.82, 2.24) is 15.0 Å². The number of hydrogen-bond donors (Lipinski definition) is 1. The van der Waals surface area contributed by atoms with Crippen LogP contribution in [0.4, 0.5) is 5.69 Å². The lowest BCUT2D eigenvalue weighted by Gasteiger charge is -2.09. The van der Waals surface area contributed by atoms with Crippen LogP contribution in [0.25, 0.3) is 5.69 Å². The third-order valence-corrected chi connectivity index (χ3v) is 4.45. The van der Waals surface area contributed by atoms with Crippen LogP contribution in [-0.4, -0.2) is 27.5 Å². The van der Waals surface area contributed by atoms with Crippen molar-refractivity contribution in [3.63, 3.8) is 0 Å². The second-order valence-electron chi connectivity index (χ2n) is 6.68. The molecular weight excluding hydrogens is 340 g/mol. The molecule has 1 aromatic heterocycles. The van der Waals surface area contributed by atoms with Gasteiger partial charge in [-0.05, 0) is 43.5 Å². The van der Waals surface area contributed by atoms with Gasteiger partial charge in [0.25, 0.3) is 5.91 Å². The molecule has 1 saturated carbocycles. The number of aromatic nitrogens is 3. The van der Waals surface area contributed by atoms with E-state index in [4.69, 9.17) is 4.74 Å². The van der Waals surface area contributed by atoms with E-state index in [9.17, 15) is 4.79 Å². The molecule has 0 atom stereocenters. The lowest BCUT2D eigenvalue weighted by Crippen LogP contribution is -2.15. The van der Waals surface area contributed by atoms with Crippen molar-refractivity contribution in [2.75, 3.05) is 11.9 Å². The molecule has 27 heavy (non-hydrogen) atoms. The van der Waals surface area contributed by atoms with Gasteiger partial charge in [0.1, 0.15) is 5.75 Å². The summed E-state index contributed by atoms with van der Waals surface area (Å²) < 4.78 is 7.42. The predicted octanol–water partition coefficient (Wildman–Crippen LogP) is 4.19. The van der Waals surface area contributed by atoms with Crippen molar-refractivity contribution in [2.24, 2.45) is 0 Å². The molecule has 1 aliphatic rings.